The average Bonchev–Trinajstić information content (AvgIpc) is 2.84. The molecule has 0 atom stereocenters. The van der Waals surface area contributed by atoms with Crippen molar-refractivity contribution in [2.75, 3.05) is 0 Å². The van der Waals surface area contributed by atoms with Crippen molar-refractivity contribution in [1.82, 2.24) is 4.57 Å². The van der Waals surface area contributed by atoms with Crippen molar-refractivity contribution < 1.29 is 8.78 Å². The van der Waals surface area contributed by atoms with Crippen LogP contribution in [-0.2, 0) is 0 Å². The highest BCUT2D eigenvalue weighted by molar-refractivity contribution is 7.07. The fourth-order valence-electron chi connectivity index (χ4n) is 2.25. The molecule has 1 aromatic heterocycles. The number of hydrogen-bond donors (Lipinski definition) is 1. The topological polar surface area (TPSA) is 28.8 Å². The second-order valence-electron chi connectivity index (χ2n) is 4.80. The maximum absolute atomic E-state index is 14.1. The molecule has 1 heterocycles. The van der Waals surface area contributed by atoms with Crippen LogP contribution < -0.4 is 4.80 Å². The summed E-state index contributed by atoms with van der Waals surface area (Å²) in [5, 5.41) is 10.3. The van der Waals surface area contributed by atoms with Crippen molar-refractivity contribution >= 4 is 35.3 Å². The number of rotatable bonds is 2. The molecule has 3 aromatic rings. The second-order valence-corrected chi connectivity index (χ2v) is 6.06. The number of benzene rings is 2. The van der Waals surface area contributed by atoms with Gasteiger partial charge in [-0.3, -0.25) is 9.98 Å². The summed E-state index contributed by atoms with van der Waals surface area (Å²) in [6.45, 7) is 1.85. The predicted molar refractivity (Wildman–Crippen MR) is 91.8 cm³/mol. The van der Waals surface area contributed by atoms with Crippen molar-refractivity contribution in [2.45, 2.75) is 6.92 Å². The quantitative estimate of drug-likeness (QED) is 0.628. The number of aryl methyl sites for hydroxylation is 1. The molecule has 1 N–H and O–H groups in total. The maximum atomic E-state index is 14.1. The summed E-state index contributed by atoms with van der Waals surface area (Å²) in [5.74, 6) is -1.41. The monoisotopic (exact) mass is 372 g/mol. The zero-order chi connectivity index (χ0) is 15.9. The second kappa shape index (κ2) is 6.83. The van der Waals surface area contributed by atoms with E-state index in [2.05, 4.69) is 0 Å². The molecule has 0 aliphatic heterocycles. The Morgan fingerprint density at radius 3 is 2.39 bits per heavy atom. The molecule has 120 valence electrons. The number of halogens is 4. The van der Waals surface area contributed by atoms with Gasteiger partial charge in [-0.2, -0.15) is 0 Å². The first-order chi connectivity index (χ1) is 10.5. The number of nitrogens with one attached hydrogen (secondary N) is 1. The van der Waals surface area contributed by atoms with Crippen LogP contribution in [0.1, 0.15) is 5.56 Å². The Morgan fingerprint density at radius 1 is 1.13 bits per heavy atom. The molecule has 0 unspecified atom stereocenters. The first-order valence-corrected chi connectivity index (χ1v) is 7.71. The predicted octanol–water partition coefficient (Wildman–Crippen LogP) is 5.35. The summed E-state index contributed by atoms with van der Waals surface area (Å²) in [7, 11) is 0. The fourth-order valence-corrected chi connectivity index (χ4v) is 3.13. The number of para-hydroxylation sites is 1. The first-order valence-electron chi connectivity index (χ1n) is 6.45. The van der Waals surface area contributed by atoms with E-state index in [1.54, 1.807) is 17.5 Å². The van der Waals surface area contributed by atoms with Gasteiger partial charge in [0, 0.05) is 10.4 Å². The summed E-state index contributed by atoms with van der Waals surface area (Å²) in [5.41, 5.74) is 1.92. The molecule has 0 spiro atoms. The van der Waals surface area contributed by atoms with E-state index in [4.69, 9.17) is 17.0 Å². The van der Waals surface area contributed by atoms with Gasteiger partial charge < -0.3 is 0 Å². The van der Waals surface area contributed by atoms with E-state index in [-0.39, 0.29) is 22.9 Å². The van der Waals surface area contributed by atoms with E-state index >= 15 is 0 Å². The normalized spacial score (nSPS) is 10.4. The van der Waals surface area contributed by atoms with Gasteiger partial charge in [-0.25, -0.2) is 8.78 Å². The Balaban J connectivity index is 0.00000192. The van der Waals surface area contributed by atoms with E-state index in [0.29, 0.717) is 10.7 Å². The Morgan fingerprint density at radius 2 is 1.78 bits per heavy atom. The maximum Gasteiger partial charge on any atom is 0.187 e. The minimum absolute atomic E-state index is 0. The van der Waals surface area contributed by atoms with Crippen LogP contribution in [0.25, 0.3) is 16.9 Å². The van der Waals surface area contributed by atoms with Crippen molar-refractivity contribution in [1.29, 1.82) is 5.41 Å². The molecular weight excluding hydrogens is 361 g/mol. The lowest BCUT2D eigenvalue weighted by atomic mass is 10.1. The average molecular weight is 373 g/mol. The molecule has 2 aromatic carbocycles. The van der Waals surface area contributed by atoms with Crippen LogP contribution in [0, 0.1) is 24.0 Å². The van der Waals surface area contributed by atoms with Gasteiger partial charge >= 0.3 is 0 Å². The van der Waals surface area contributed by atoms with Gasteiger partial charge in [0.05, 0.1) is 5.69 Å². The summed E-state index contributed by atoms with van der Waals surface area (Å²) in [6, 6.07) is 9.00. The molecule has 23 heavy (non-hydrogen) atoms. The van der Waals surface area contributed by atoms with E-state index in [9.17, 15) is 8.78 Å². The molecule has 2 nitrogen and oxygen atoms in total. The third kappa shape index (κ3) is 3.17. The summed E-state index contributed by atoms with van der Waals surface area (Å²) in [6.07, 6.45) is 0. The molecule has 0 radical (unpaired) electrons. The Hall–Kier alpha value is -1.69. The SMILES string of the molecule is Cc1cc(-c2csc(=N)n2-c2c(F)cccc2F)ccc1Cl.Cl. The largest absolute Gasteiger partial charge is 0.280 e. The molecule has 3 rings (SSSR count). The van der Waals surface area contributed by atoms with Gasteiger partial charge in [-0.1, -0.05) is 23.7 Å². The van der Waals surface area contributed by atoms with Crippen molar-refractivity contribution in [3.63, 3.8) is 0 Å². The van der Waals surface area contributed by atoms with Crippen LogP contribution in [0.4, 0.5) is 8.78 Å². The van der Waals surface area contributed by atoms with Gasteiger partial charge in [-0.15, -0.1) is 23.7 Å². The van der Waals surface area contributed by atoms with Crippen LogP contribution in [0.15, 0.2) is 41.8 Å². The lowest BCUT2D eigenvalue weighted by Crippen LogP contribution is -2.15. The van der Waals surface area contributed by atoms with Crippen LogP contribution in [0.5, 0.6) is 0 Å². The molecule has 0 aliphatic rings. The number of thiazole rings is 1. The summed E-state index contributed by atoms with van der Waals surface area (Å²) in [4.78, 5) is 0.0478. The van der Waals surface area contributed by atoms with Crippen LogP contribution in [-0.4, -0.2) is 4.57 Å². The Labute approximate surface area is 146 Å². The van der Waals surface area contributed by atoms with E-state index < -0.39 is 11.6 Å². The highest BCUT2D eigenvalue weighted by Crippen LogP contribution is 2.28. The molecule has 0 aliphatic carbocycles. The van der Waals surface area contributed by atoms with Crippen LogP contribution in [0.2, 0.25) is 5.02 Å². The molecular formula is C16H12Cl2F2N2S. The number of nitrogens with zero attached hydrogens (tertiary/aromatic N) is 1. The van der Waals surface area contributed by atoms with Crippen molar-refractivity contribution in [2.24, 2.45) is 0 Å². The third-order valence-corrected chi connectivity index (χ3v) is 4.51. The third-order valence-electron chi connectivity index (χ3n) is 3.34. The van der Waals surface area contributed by atoms with E-state index in [1.165, 1.54) is 22.8 Å². The van der Waals surface area contributed by atoms with Crippen molar-refractivity contribution in [3.8, 4) is 16.9 Å². The zero-order valence-corrected chi connectivity index (χ0v) is 14.3. The van der Waals surface area contributed by atoms with Crippen molar-refractivity contribution in [3.05, 3.63) is 68.8 Å². The Kier molecular flexibility index (Phi) is 5.24. The van der Waals surface area contributed by atoms with Gasteiger partial charge in [0.25, 0.3) is 0 Å². The van der Waals surface area contributed by atoms with Gasteiger partial charge in [0.1, 0.15) is 17.3 Å². The molecule has 0 bridgehead atoms. The fraction of sp³-hybridized carbons (Fsp3) is 0.0625. The summed E-state index contributed by atoms with van der Waals surface area (Å²) >= 11 is 7.13. The molecule has 0 saturated carbocycles. The highest BCUT2D eigenvalue weighted by Gasteiger charge is 2.17. The minimum atomic E-state index is -0.705. The number of aromatic nitrogens is 1. The molecule has 7 heteroatoms. The Bertz CT molecular complexity index is 898. The van der Waals surface area contributed by atoms with Gasteiger partial charge in [-0.05, 0) is 42.3 Å². The standard InChI is InChI=1S/C16H11ClF2N2S.ClH/c1-9-7-10(5-6-11(9)17)14-8-22-16(20)21(14)15-12(18)3-2-4-13(15)19;/h2-8,20H,1H3;1H. The smallest absolute Gasteiger partial charge is 0.187 e. The van der Waals surface area contributed by atoms with Crippen LogP contribution >= 0.6 is 35.3 Å². The molecule has 0 saturated heterocycles. The summed E-state index contributed by atoms with van der Waals surface area (Å²) < 4.78 is 29.4. The number of hydrogen-bond acceptors (Lipinski definition) is 2. The van der Waals surface area contributed by atoms with Gasteiger partial charge in [0.15, 0.2) is 4.80 Å². The first kappa shape index (κ1) is 17.7. The minimum Gasteiger partial charge on any atom is -0.280 e. The lowest BCUT2D eigenvalue weighted by Gasteiger charge is -2.11. The van der Waals surface area contributed by atoms with E-state index in [0.717, 1.165) is 22.5 Å². The molecule has 0 amide bonds. The van der Waals surface area contributed by atoms with Crippen LogP contribution in [0.3, 0.4) is 0 Å². The zero-order valence-electron chi connectivity index (χ0n) is 11.9. The highest BCUT2D eigenvalue weighted by atomic mass is 35.5. The van der Waals surface area contributed by atoms with Gasteiger partial charge in [0.2, 0.25) is 0 Å². The lowest BCUT2D eigenvalue weighted by molar-refractivity contribution is 0.567. The molecule has 0 fully saturated rings. The van der Waals surface area contributed by atoms with E-state index in [1.807, 2.05) is 13.0 Å².